The highest BCUT2D eigenvalue weighted by atomic mass is 16.5. The maximum absolute atomic E-state index is 11.1. The fraction of sp³-hybridized carbons (Fsp3) is 0.438. The lowest BCUT2D eigenvalue weighted by Gasteiger charge is -2.32. The summed E-state index contributed by atoms with van der Waals surface area (Å²) in [5.74, 6) is 0.781. The van der Waals surface area contributed by atoms with Crippen LogP contribution in [0.2, 0.25) is 0 Å². The molecule has 0 saturated carbocycles. The van der Waals surface area contributed by atoms with Crippen LogP contribution in [0.25, 0.3) is 6.08 Å². The molecule has 21 heavy (non-hydrogen) atoms. The van der Waals surface area contributed by atoms with Crippen LogP contribution < -0.4 is 9.47 Å². The third kappa shape index (κ3) is 2.38. The van der Waals surface area contributed by atoms with Gasteiger partial charge >= 0.3 is 5.97 Å². The number of aliphatic carboxylic acids is 1. The van der Waals surface area contributed by atoms with Crippen molar-refractivity contribution in [2.24, 2.45) is 0 Å². The molecule has 0 aliphatic carbocycles. The molecule has 1 saturated heterocycles. The third-order valence-electron chi connectivity index (χ3n) is 4.31. The molecule has 1 N–H and O–H groups in total. The molecule has 2 atom stereocenters. The monoisotopic (exact) mass is 289 g/mol. The lowest BCUT2D eigenvalue weighted by Crippen LogP contribution is -2.43. The molecular weight excluding hydrogens is 270 g/mol. The zero-order chi connectivity index (χ0) is 15.0. The molecule has 5 heteroatoms. The van der Waals surface area contributed by atoms with Crippen molar-refractivity contribution in [3.63, 3.8) is 0 Å². The van der Waals surface area contributed by atoms with E-state index in [0.717, 1.165) is 30.0 Å². The molecule has 0 amide bonds. The third-order valence-corrected chi connectivity index (χ3v) is 4.31. The van der Waals surface area contributed by atoms with Crippen molar-refractivity contribution in [1.82, 2.24) is 4.90 Å². The zero-order valence-corrected chi connectivity index (χ0v) is 12.2. The molecule has 0 radical (unpaired) electrons. The molecule has 2 heterocycles. The van der Waals surface area contributed by atoms with Crippen LogP contribution in [0.3, 0.4) is 0 Å². The molecule has 2 aliphatic rings. The largest absolute Gasteiger partial charge is 0.496 e. The molecule has 112 valence electrons. The van der Waals surface area contributed by atoms with Crippen molar-refractivity contribution in [1.29, 1.82) is 0 Å². The molecule has 5 nitrogen and oxygen atoms in total. The van der Waals surface area contributed by atoms with Gasteiger partial charge in [0, 0.05) is 19.5 Å². The number of carboxylic acid groups (broad SMARTS) is 1. The van der Waals surface area contributed by atoms with E-state index in [4.69, 9.17) is 14.6 Å². The first-order valence-corrected chi connectivity index (χ1v) is 7.07. The summed E-state index contributed by atoms with van der Waals surface area (Å²) >= 11 is 0. The topological polar surface area (TPSA) is 59.0 Å². The fourth-order valence-electron chi connectivity index (χ4n) is 2.98. The van der Waals surface area contributed by atoms with Gasteiger partial charge in [-0.05, 0) is 31.2 Å². The van der Waals surface area contributed by atoms with E-state index in [2.05, 4.69) is 0 Å². The number of rotatable bonds is 3. The number of carboxylic acids is 1. The van der Waals surface area contributed by atoms with Crippen molar-refractivity contribution in [3.05, 3.63) is 29.8 Å². The number of methoxy groups -OCH3 is 1. The van der Waals surface area contributed by atoms with Gasteiger partial charge in [0.1, 0.15) is 23.1 Å². The van der Waals surface area contributed by atoms with E-state index in [0.29, 0.717) is 6.54 Å². The molecule has 2 unspecified atom stereocenters. The maximum Gasteiger partial charge on any atom is 0.320 e. The minimum atomic E-state index is -0.797. The summed E-state index contributed by atoms with van der Waals surface area (Å²) in [6.45, 7) is 3.02. The van der Waals surface area contributed by atoms with Gasteiger partial charge < -0.3 is 14.6 Å². The Labute approximate surface area is 123 Å². The summed E-state index contributed by atoms with van der Waals surface area (Å²) in [6, 6.07) is 5.23. The first-order chi connectivity index (χ1) is 10.0. The first kappa shape index (κ1) is 13.9. The Morgan fingerprint density at radius 1 is 1.52 bits per heavy atom. The number of hydrogen-bond acceptors (Lipinski definition) is 4. The van der Waals surface area contributed by atoms with Gasteiger partial charge in [-0.3, -0.25) is 9.69 Å². The molecule has 1 fully saturated rings. The highest BCUT2D eigenvalue weighted by Crippen LogP contribution is 2.40. The van der Waals surface area contributed by atoms with Gasteiger partial charge in [-0.2, -0.15) is 0 Å². The van der Waals surface area contributed by atoms with E-state index in [1.807, 2.05) is 35.3 Å². The van der Waals surface area contributed by atoms with Gasteiger partial charge in [0.2, 0.25) is 0 Å². The maximum atomic E-state index is 11.1. The van der Waals surface area contributed by atoms with Crippen LogP contribution in [0.5, 0.6) is 11.5 Å². The van der Waals surface area contributed by atoms with Gasteiger partial charge in [0.15, 0.2) is 0 Å². The summed E-state index contributed by atoms with van der Waals surface area (Å²) in [7, 11) is 1.64. The van der Waals surface area contributed by atoms with Gasteiger partial charge in [0.05, 0.1) is 12.7 Å². The Balaban J connectivity index is 1.83. The van der Waals surface area contributed by atoms with E-state index < -0.39 is 17.6 Å². The number of ether oxygens (including phenoxy) is 2. The Bertz CT molecular complexity index is 598. The smallest absolute Gasteiger partial charge is 0.320 e. The van der Waals surface area contributed by atoms with E-state index in [-0.39, 0.29) is 0 Å². The van der Waals surface area contributed by atoms with Crippen LogP contribution in [0.1, 0.15) is 18.9 Å². The van der Waals surface area contributed by atoms with Crippen LogP contribution in [-0.4, -0.2) is 47.8 Å². The predicted octanol–water partition coefficient (Wildman–Crippen LogP) is 2.02. The Morgan fingerprint density at radius 2 is 2.33 bits per heavy atom. The Kier molecular flexibility index (Phi) is 3.37. The Hall–Kier alpha value is -2.01. The lowest BCUT2D eigenvalue weighted by atomic mass is 9.97. The summed E-state index contributed by atoms with van der Waals surface area (Å²) in [5, 5.41) is 9.14. The quantitative estimate of drug-likeness (QED) is 0.922. The van der Waals surface area contributed by atoms with E-state index in [1.54, 1.807) is 14.0 Å². The summed E-state index contributed by atoms with van der Waals surface area (Å²) in [5.41, 5.74) is 0.513. The number of nitrogens with zero attached hydrogens (tertiary/aromatic N) is 1. The number of hydrogen-bond donors (Lipinski definition) is 1. The molecule has 0 aromatic heterocycles. The van der Waals surface area contributed by atoms with Gasteiger partial charge in [-0.15, -0.1) is 0 Å². The SMILES string of the molecule is COc1cccc2c1C=CC1(CCN(C(C)C(=O)O)C1)O2. The van der Waals surface area contributed by atoms with Crippen molar-refractivity contribution in [3.8, 4) is 11.5 Å². The van der Waals surface area contributed by atoms with E-state index >= 15 is 0 Å². The molecule has 1 aromatic rings. The molecular formula is C16H19NO4. The fourth-order valence-corrected chi connectivity index (χ4v) is 2.98. The van der Waals surface area contributed by atoms with Crippen LogP contribution in [0.15, 0.2) is 24.3 Å². The standard InChI is InChI=1S/C16H19NO4/c1-11(15(18)19)17-9-8-16(10-17)7-6-12-13(20-2)4-3-5-14(12)21-16/h3-7,11H,8-10H2,1-2H3,(H,18,19). The first-order valence-electron chi connectivity index (χ1n) is 7.07. The van der Waals surface area contributed by atoms with Crippen molar-refractivity contribution >= 4 is 12.0 Å². The molecule has 1 spiro atoms. The molecule has 3 rings (SSSR count). The number of benzene rings is 1. The predicted molar refractivity (Wildman–Crippen MR) is 78.7 cm³/mol. The number of fused-ring (bicyclic) bond motifs is 1. The minimum Gasteiger partial charge on any atom is -0.496 e. The summed E-state index contributed by atoms with van der Waals surface area (Å²) < 4.78 is 11.5. The van der Waals surface area contributed by atoms with Crippen LogP contribution in [0, 0.1) is 0 Å². The number of carbonyl (C=O) groups is 1. The summed E-state index contributed by atoms with van der Waals surface area (Å²) in [6.07, 6.45) is 4.84. The average Bonchev–Trinajstić information content (AvgIpc) is 2.88. The van der Waals surface area contributed by atoms with Crippen LogP contribution in [-0.2, 0) is 4.79 Å². The highest BCUT2D eigenvalue weighted by molar-refractivity contribution is 5.73. The normalized spacial score (nSPS) is 25.4. The van der Waals surface area contributed by atoms with E-state index in [1.165, 1.54) is 0 Å². The summed E-state index contributed by atoms with van der Waals surface area (Å²) in [4.78, 5) is 13.1. The average molecular weight is 289 g/mol. The van der Waals surface area contributed by atoms with Gasteiger partial charge in [-0.25, -0.2) is 0 Å². The molecule has 2 aliphatic heterocycles. The van der Waals surface area contributed by atoms with Crippen LogP contribution >= 0.6 is 0 Å². The van der Waals surface area contributed by atoms with Gasteiger partial charge in [-0.1, -0.05) is 6.07 Å². The van der Waals surface area contributed by atoms with Crippen molar-refractivity contribution < 1.29 is 19.4 Å². The second-order valence-corrected chi connectivity index (χ2v) is 5.61. The molecule has 1 aromatic carbocycles. The Morgan fingerprint density at radius 3 is 3.05 bits per heavy atom. The minimum absolute atomic E-state index is 0.428. The van der Waals surface area contributed by atoms with Crippen molar-refractivity contribution in [2.75, 3.05) is 20.2 Å². The van der Waals surface area contributed by atoms with Crippen LogP contribution in [0.4, 0.5) is 0 Å². The molecule has 0 bridgehead atoms. The zero-order valence-electron chi connectivity index (χ0n) is 12.2. The van der Waals surface area contributed by atoms with E-state index in [9.17, 15) is 4.79 Å². The lowest BCUT2D eigenvalue weighted by molar-refractivity contribution is -0.142. The second-order valence-electron chi connectivity index (χ2n) is 5.61. The highest BCUT2D eigenvalue weighted by Gasteiger charge is 2.43. The second kappa shape index (κ2) is 5.07. The number of likely N-dealkylation sites (tertiary alicyclic amines) is 1. The van der Waals surface area contributed by atoms with Crippen molar-refractivity contribution in [2.45, 2.75) is 25.0 Å². The van der Waals surface area contributed by atoms with Gasteiger partial charge in [0.25, 0.3) is 0 Å².